The minimum Gasteiger partial charge on any atom is -0.352 e. The van der Waals surface area contributed by atoms with E-state index in [0.29, 0.717) is 18.7 Å². The van der Waals surface area contributed by atoms with Crippen molar-refractivity contribution in [1.29, 1.82) is 0 Å². The minimum absolute atomic E-state index is 0. The minimum atomic E-state index is -0.0643. The Morgan fingerprint density at radius 1 is 1.16 bits per heavy atom. The maximum Gasteiger partial charge on any atom is 0.252 e. The van der Waals surface area contributed by atoms with Crippen LogP contribution in [0.2, 0.25) is 0 Å². The quantitative estimate of drug-likeness (QED) is 0.525. The van der Waals surface area contributed by atoms with E-state index < -0.39 is 0 Å². The fourth-order valence-electron chi connectivity index (χ4n) is 3.76. The van der Waals surface area contributed by atoms with E-state index in [9.17, 15) is 4.79 Å². The SMILES string of the molecule is CCn1ncc2c(C(=O)NCCCN3CCNCC3)cc(-c3ccccc3)nc21.Cl.Cl. The third-order valence-electron chi connectivity index (χ3n) is 5.37. The molecular weight excluding hydrogens is 435 g/mol. The third-order valence-corrected chi connectivity index (χ3v) is 5.37. The molecule has 7 nitrogen and oxygen atoms in total. The number of aryl methyl sites for hydroxylation is 1. The molecule has 0 atom stereocenters. The fourth-order valence-corrected chi connectivity index (χ4v) is 3.76. The Bertz CT molecular complexity index is 973. The second kappa shape index (κ2) is 12.0. The first-order valence-electron chi connectivity index (χ1n) is 10.4. The van der Waals surface area contributed by atoms with Crippen LogP contribution in [0.4, 0.5) is 0 Å². The van der Waals surface area contributed by atoms with E-state index in [4.69, 9.17) is 4.98 Å². The summed E-state index contributed by atoms with van der Waals surface area (Å²) in [4.78, 5) is 20.2. The Hall–Kier alpha value is -2.19. The first-order chi connectivity index (χ1) is 14.3. The molecule has 4 rings (SSSR count). The van der Waals surface area contributed by atoms with Crippen LogP contribution >= 0.6 is 24.8 Å². The van der Waals surface area contributed by atoms with Gasteiger partial charge in [-0.3, -0.25) is 4.79 Å². The predicted molar refractivity (Wildman–Crippen MR) is 129 cm³/mol. The van der Waals surface area contributed by atoms with Gasteiger partial charge in [0, 0.05) is 44.8 Å². The second-order valence-corrected chi connectivity index (χ2v) is 7.32. The van der Waals surface area contributed by atoms with E-state index in [0.717, 1.165) is 61.4 Å². The zero-order chi connectivity index (χ0) is 20.1. The average molecular weight is 465 g/mol. The summed E-state index contributed by atoms with van der Waals surface area (Å²) in [5.74, 6) is -0.0643. The van der Waals surface area contributed by atoms with E-state index in [1.807, 2.05) is 48.0 Å². The molecule has 0 aliphatic carbocycles. The second-order valence-electron chi connectivity index (χ2n) is 7.32. The summed E-state index contributed by atoms with van der Waals surface area (Å²) < 4.78 is 1.84. The summed E-state index contributed by atoms with van der Waals surface area (Å²) in [5.41, 5.74) is 3.17. The van der Waals surface area contributed by atoms with E-state index >= 15 is 0 Å². The summed E-state index contributed by atoms with van der Waals surface area (Å²) in [7, 11) is 0. The van der Waals surface area contributed by atoms with E-state index in [-0.39, 0.29) is 30.7 Å². The zero-order valence-electron chi connectivity index (χ0n) is 17.7. The van der Waals surface area contributed by atoms with Crippen molar-refractivity contribution in [2.24, 2.45) is 0 Å². The molecule has 31 heavy (non-hydrogen) atoms. The number of hydrogen-bond donors (Lipinski definition) is 2. The molecule has 1 saturated heterocycles. The summed E-state index contributed by atoms with van der Waals surface area (Å²) >= 11 is 0. The highest BCUT2D eigenvalue weighted by atomic mass is 35.5. The summed E-state index contributed by atoms with van der Waals surface area (Å²) in [6.07, 6.45) is 2.69. The van der Waals surface area contributed by atoms with Gasteiger partial charge in [0.25, 0.3) is 5.91 Å². The largest absolute Gasteiger partial charge is 0.352 e. The Balaban J connectivity index is 0.00000171. The molecule has 1 aliphatic rings. The normalized spacial score (nSPS) is 14.0. The highest BCUT2D eigenvalue weighted by Gasteiger charge is 2.17. The van der Waals surface area contributed by atoms with Gasteiger partial charge in [-0.05, 0) is 26.0 Å². The molecule has 2 N–H and O–H groups in total. The van der Waals surface area contributed by atoms with Gasteiger partial charge in [-0.1, -0.05) is 30.3 Å². The molecular formula is C22H30Cl2N6O. The number of aromatic nitrogens is 3. The van der Waals surface area contributed by atoms with Crippen LogP contribution in [0.1, 0.15) is 23.7 Å². The van der Waals surface area contributed by atoms with Gasteiger partial charge in [0.05, 0.1) is 22.8 Å². The lowest BCUT2D eigenvalue weighted by Crippen LogP contribution is -2.44. The molecule has 0 bridgehead atoms. The zero-order valence-corrected chi connectivity index (χ0v) is 19.3. The van der Waals surface area contributed by atoms with Crippen LogP contribution in [-0.2, 0) is 6.54 Å². The van der Waals surface area contributed by atoms with E-state index in [1.54, 1.807) is 6.20 Å². The number of rotatable bonds is 7. The van der Waals surface area contributed by atoms with E-state index in [2.05, 4.69) is 20.6 Å². The van der Waals surface area contributed by atoms with Crippen molar-refractivity contribution in [1.82, 2.24) is 30.3 Å². The number of pyridine rings is 1. The number of amides is 1. The number of piperazine rings is 1. The van der Waals surface area contributed by atoms with Crippen LogP contribution in [0.25, 0.3) is 22.3 Å². The van der Waals surface area contributed by atoms with Crippen molar-refractivity contribution in [3.05, 3.63) is 48.2 Å². The van der Waals surface area contributed by atoms with Gasteiger partial charge in [0.1, 0.15) is 0 Å². The van der Waals surface area contributed by atoms with Gasteiger partial charge in [-0.2, -0.15) is 5.10 Å². The molecule has 0 unspecified atom stereocenters. The van der Waals surface area contributed by atoms with E-state index in [1.165, 1.54) is 0 Å². The first-order valence-corrected chi connectivity index (χ1v) is 10.4. The average Bonchev–Trinajstić information content (AvgIpc) is 3.20. The Morgan fingerprint density at radius 3 is 2.61 bits per heavy atom. The predicted octanol–water partition coefficient (Wildman–Crippen LogP) is 2.99. The standard InChI is InChI=1S/C22H28N6O.2ClH/c1-2-28-21-19(16-25-28)18(15-20(26-21)17-7-4-3-5-8-17)22(29)24-9-6-12-27-13-10-23-11-14-27;;/h3-5,7-8,15-16,23H,2,6,9-14H2,1H3,(H,24,29);2*1H. The molecule has 0 radical (unpaired) electrons. The molecule has 1 aliphatic heterocycles. The maximum absolute atomic E-state index is 13.0. The summed E-state index contributed by atoms with van der Waals surface area (Å²) in [6.45, 7) is 8.66. The lowest BCUT2D eigenvalue weighted by molar-refractivity contribution is 0.0953. The van der Waals surface area contributed by atoms with Gasteiger partial charge in [0.15, 0.2) is 5.65 Å². The van der Waals surface area contributed by atoms with Crippen LogP contribution in [0.5, 0.6) is 0 Å². The molecule has 168 valence electrons. The van der Waals surface area contributed by atoms with Crippen LogP contribution in [0.3, 0.4) is 0 Å². The first kappa shape index (κ1) is 25.1. The number of nitrogens with one attached hydrogen (secondary N) is 2. The topological polar surface area (TPSA) is 75.1 Å². The third kappa shape index (κ3) is 5.95. The molecule has 9 heteroatoms. The van der Waals surface area contributed by atoms with Gasteiger partial charge >= 0.3 is 0 Å². The van der Waals surface area contributed by atoms with Crippen molar-refractivity contribution in [3.8, 4) is 11.3 Å². The number of halogens is 2. The molecule has 1 amide bonds. The monoisotopic (exact) mass is 464 g/mol. The lowest BCUT2D eigenvalue weighted by Gasteiger charge is -2.27. The number of carbonyl (C=O) groups is 1. The van der Waals surface area contributed by atoms with Gasteiger partial charge < -0.3 is 15.5 Å². The number of benzene rings is 1. The molecule has 0 saturated carbocycles. The maximum atomic E-state index is 13.0. The Labute approximate surface area is 195 Å². The van der Waals surface area contributed by atoms with Crippen molar-refractivity contribution in [3.63, 3.8) is 0 Å². The van der Waals surface area contributed by atoms with Crippen LogP contribution in [0, 0.1) is 0 Å². The number of carbonyl (C=O) groups excluding carboxylic acids is 1. The summed E-state index contributed by atoms with van der Waals surface area (Å²) in [6, 6.07) is 11.8. The van der Waals surface area contributed by atoms with Gasteiger partial charge in [0.2, 0.25) is 0 Å². The van der Waals surface area contributed by atoms with Crippen LogP contribution in [-0.4, -0.2) is 64.8 Å². The van der Waals surface area contributed by atoms with Gasteiger partial charge in [-0.15, -0.1) is 24.8 Å². The molecule has 0 spiro atoms. The highest BCUT2D eigenvalue weighted by molar-refractivity contribution is 6.06. The smallest absolute Gasteiger partial charge is 0.252 e. The highest BCUT2D eigenvalue weighted by Crippen LogP contribution is 2.24. The number of hydrogen-bond acceptors (Lipinski definition) is 5. The molecule has 3 aromatic rings. The van der Waals surface area contributed by atoms with Crippen LogP contribution < -0.4 is 10.6 Å². The fraction of sp³-hybridized carbons (Fsp3) is 0.409. The molecule has 3 heterocycles. The molecule has 2 aromatic heterocycles. The van der Waals surface area contributed by atoms with Crippen molar-refractivity contribution in [2.75, 3.05) is 39.3 Å². The van der Waals surface area contributed by atoms with Crippen molar-refractivity contribution < 1.29 is 4.79 Å². The van der Waals surface area contributed by atoms with Crippen molar-refractivity contribution in [2.45, 2.75) is 19.9 Å². The van der Waals surface area contributed by atoms with Crippen LogP contribution in [0.15, 0.2) is 42.6 Å². The number of fused-ring (bicyclic) bond motifs is 1. The van der Waals surface area contributed by atoms with Gasteiger partial charge in [-0.25, -0.2) is 9.67 Å². The molecule has 1 aromatic carbocycles. The number of nitrogens with zero attached hydrogens (tertiary/aromatic N) is 4. The Kier molecular flexibility index (Phi) is 9.71. The Morgan fingerprint density at radius 2 is 1.90 bits per heavy atom. The lowest BCUT2D eigenvalue weighted by atomic mass is 10.1. The van der Waals surface area contributed by atoms with Crippen molar-refractivity contribution >= 4 is 41.8 Å². The molecule has 1 fully saturated rings. The summed E-state index contributed by atoms with van der Waals surface area (Å²) in [5, 5.41) is 11.7.